The molecule has 39 heavy (non-hydrogen) atoms. The van der Waals surface area contributed by atoms with Crippen molar-refractivity contribution in [2.75, 3.05) is 36.8 Å². The Balaban J connectivity index is 1.41. The van der Waals surface area contributed by atoms with Crippen LogP contribution in [0.15, 0.2) is 54.6 Å². The fourth-order valence-electron chi connectivity index (χ4n) is 5.90. The van der Waals surface area contributed by atoms with Crippen molar-refractivity contribution in [2.24, 2.45) is 0 Å². The number of likely N-dealkylation sites (tertiary alicyclic amines) is 1. The number of rotatable bonds is 5. The summed E-state index contributed by atoms with van der Waals surface area (Å²) in [5, 5.41) is 0. The molecule has 8 heteroatoms. The van der Waals surface area contributed by atoms with Crippen molar-refractivity contribution in [1.29, 1.82) is 0 Å². The van der Waals surface area contributed by atoms with E-state index >= 15 is 0 Å². The molecule has 2 heterocycles. The molecule has 0 N–H and O–H groups in total. The number of piperidine rings is 1. The van der Waals surface area contributed by atoms with Crippen LogP contribution < -0.4 is 4.90 Å². The number of benzene rings is 2. The van der Waals surface area contributed by atoms with Crippen molar-refractivity contribution in [2.45, 2.75) is 76.6 Å². The smallest absolute Gasteiger partial charge is 0.237 e. The summed E-state index contributed by atoms with van der Waals surface area (Å²) >= 11 is 0. The molecule has 0 spiro atoms. The Bertz CT molecular complexity index is 1190. The van der Waals surface area contributed by atoms with E-state index in [1.807, 2.05) is 35.2 Å². The zero-order valence-corrected chi connectivity index (χ0v) is 24.1. The lowest BCUT2D eigenvalue weighted by atomic mass is 10.0. The number of hydrogen-bond acceptors (Lipinski definition) is 5. The van der Waals surface area contributed by atoms with Gasteiger partial charge in [-0.25, -0.2) is 8.42 Å². The van der Waals surface area contributed by atoms with Gasteiger partial charge in [-0.3, -0.25) is 14.5 Å². The third-order valence-electron chi connectivity index (χ3n) is 8.02. The molecule has 0 aromatic heterocycles. The first kappa shape index (κ1) is 29.3. The normalized spacial score (nSPS) is 18.9. The molecule has 2 amide bonds. The van der Waals surface area contributed by atoms with Gasteiger partial charge in [0.25, 0.3) is 0 Å². The Labute approximate surface area is 234 Å². The first-order valence-corrected chi connectivity index (χ1v) is 16.3. The molecule has 0 aliphatic carbocycles. The number of anilines is 1. The van der Waals surface area contributed by atoms with Crippen LogP contribution in [0.5, 0.6) is 0 Å². The minimum atomic E-state index is -3.52. The van der Waals surface area contributed by atoms with E-state index in [2.05, 4.69) is 17.0 Å². The van der Waals surface area contributed by atoms with Crippen LogP contribution in [0.3, 0.4) is 0 Å². The summed E-state index contributed by atoms with van der Waals surface area (Å²) in [6.45, 7) is 5.30. The highest BCUT2D eigenvalue weighted by molar-refractivity contribution is 7.91. The lowest BCUT2D eigenvalue weighted by Crippen LogP contribution is -2.48. The Kier molecular flexibility index (Phi) is 10.6. The first-order valence-electron chi connectivity index (χ1n) is 14.4. The Morgan fingerprint density at radius 1 is 0.795 bits per heavy atom. The standard InChI is InChI=1S/C31H43N3O4S/c1-26(35)34-20-12-5-3-2-4-11-19-33(23-28-15-9-10-16-30(28)34)29-17-21-32(22-18-29)31(36)25-39(37,38)24-27-13-7-6-8-14-27/h6-10,13-16,29H,2-5,11-12,17-25H2,1H3. The van der Waals surface area contributed by atoms with Crippen LogP contribution in [-0.2, 0) is 31.7 Å². The summed E-state index contributed by atoms with van der Waals surface area (Å²) < 4.78 is 25.4. The van der Waals surface area contributed by atoms with Crippen LogP contribution in [0.4, 0.5) is 5.69 Å². The zero-order valence-electron chi connectivity index (χ0n) is 23.3. The molecule has 0 bridgehead atoms. The lowest BCUT2D eigenvalue weighted by Gasteiger charge is -2.39. The highest BCUT2D eigenvalue weighted by Gasteiger charge is 2.30. The van der Waals surface area contributed by atoms with Gasteiger partial charge in [0.2, 0.25) is 11.8 Å². The van der Waals surface area contributed by atoms with Gasteiger partial charge in [-0.05, 0) is 49.4 Å². The van der Waals surface area contributed by atoms with E-state index in [9.17, 15) is 18.0 Å². The van der Waals surface area contributed by atoms with Crippen molar-refractivity contribution in [3.8, 4) is 0 Å². The quantitative estimate of drug-likeness (QED) is 0.532. The first-order chi connectivity index (χ1) is 18.8. The van der Waals surface area contributed by atoms with Crippen molar-refractivity contribution in [3.05, 3.63) is 65.7 Å². The van der Waals surface area contributed by atoms with Crippen LogP contribution in [0.1, 0.15) is 69.4 Å². The van der Waals surface area contributed by atoms with Crippen LogP contribution in [0.25, 0.3) is 0 Å². The van der Waals surface area contributed by atoms with Gasteiger partial charge in [0.1, 0.15) is 5.75 Å². The molecular formula is C31H43N3O4S. The highest BCUT2D eigenvalue weighted by atomic mass is 32.2. The number of fused-ring (bicyclic) bond motifs is 1. The molecule has 0 saturated carbocycles. The summed E-state index contributed by atoms with van der Waals surface area (Å²) in [7, 11) is -3.52. The molecule has 7 nitrogen and oxygen atoms in total. The number of carbonyl (C=O) groups excluding carboxylic acids is 2. The van der Waals surface area contributed by atoms with E-state index < -0.39 is 15.6 Å². The predicted molar refractivity (Wildman–Crippen MR) is 156 cm³/mol. The third-order valence-corrected chi connectivity index (χ3v) is 9.48. The minimum Gasteiger partial charge on any atom is -0.342 e. The van der Waals surface area contributed by atoms with E-state index in [1.165, 1.54) is 19.3 Å². The Morgan fingerprint density at radius 2 is 1.41 bits per heavy atom. The molecule has 0 unspecified atom stereocenters. The van der Waals surface area contributed by atoms with Crippen LogP contribution in [0, 0.1) is 0 Å². The van der Waals surface area contributed by atoms with E-state index in [4.69, 9.17) is 0 Å². The van der Waals surface area contributed by atoms with E-state index in [-0.39, 0.29) is 17.6 Å². The molecule has 212 valence electrons. The number of nitrogens with zero attached hydrogens (tertiary/aromatic N) is 3. The average molecular weight is 554 g/mol. The molecule has 2 aromatic rings. The Hall–Kier alpha value is -2.71. The zero-order chi connectivity index (χ0) is 27.7. The van der Waals surface area contributed by atoms with Crippen molar-refractivity contribution >= 4 is 27.3 Å². The summed E-state index contributed by atoms with van der Waals surface area (Å²) in [5.74, 6) is -0.764. The van der Waals surface area contributed by atoms with Gasteiger partial charge < -0.3 is 9.80 Å². The number of para-hydroxylation sites is 1. The minimum absolute atomic E-state index is 0.0814. The topological polar surface area (TPSA) is 78.0 Å². The maximum absolute atomic E-state index is 12.9. The van der Waals surface area contributed by atoms with Crippen LogP contribution in [0.2, 0.25) is 0 Å². The van der Waals surface area contributed by atoms with Crippen LogP contribution >= 0.6 is 0 Å². The van der Waals surface area contributed by atoms with Gasteiger partial charge in [0, 0.05) is 44.8 Å². The maximum atomic E-state index is 12.9. The van der Waals surface area contributed by atoms with Gasteiger partial charge in [0.05, 0.1) is 5.75 Å². The van der Waals surface area contributed by atoms with Gasteiger partial charge in [-0.1, -0.05) is 74.2 Å². The summed E-state index contributed by atoms with van der Waals surface area (Å²) in [6.07, 6.45) is 8.55. The van der Waals surface area contributed by atoms with E-state index in [0.29, 0.717) is 24.7 Å². The van der Waals surface area contributed by atoms with Crippen LogP contribution in [-0.4, -0.2) is 68.0 Å². The fourth-order valence-corrected chi connectivity index (χ4v) is 7.26. The Morgan fingerprint density at radius 3 is 2.10 bits per heavy atom. The molecule has 1 saturated heterocycles. The fraction of sp³-hybridized carbons (Fsp3) is 0.548. The van der Waals surface area contributed by atoms with E-state index in [1.54, 1.807) is 24.0 Å². The molecular weight excluding hydrogens is 510 g/mol. The molecule has 2 aliphatic heterocycles. The molecule has 2 aliphatic rings. The molecule has 0 atom stereocenters. The maximum Gasteiger partial charge on any atom is 0.237 e. The number of carbonyl (C=O) groups is 2. The highest BCUT2D eigenvalue weighted by Crippen LogP contribution is 2.27. The van der Waals surface area contributed by atoms with Gasteiger partial charge >= 0.3 is 0 Å². The molecule has 0 radical (unpaired) electrons. The monoisotopic (exact) mass is 553 g/mol. The van der Waals surface area contributed by atoms with Gasteiger partial charge in [0.15, 0.2) is 9.84 Å². The summed E-state index contributed by atoms with van der Waals surface area (Å²) in [6, 6.07) is 17.6. The number of sulfone groups is 1. The average Bonchev–Trinajstić information content (AvgIpc) is 2.93. The number of hydrogen-bond donors (Lipinski definition) is 0. The summed E-state index contributed by atoms with van der Waals surface area (Å²) in [4.78, 5) is 31.7. The van der Waals surface area contributed by atoms with Gasteiger partial charge in [-0.15, -0.1) is 0 Å². The largest absolute Gasteiger partial charge is 0.342 e. The second kappa shape index (κ2) is 14.1. The second-order valence-electron chi connectivity index (χ2n) is 11.0. The lowest BCUT2D eigenvalue weighted by molar-refractivity contribution is -0.130. The van der Waals surface area contributed by atoms with Gasteiger partial charge in [-0.2, -0.15) is 0 Å². The van der Waals surface area contributed by atoms with Crippen molar-refractivity contribution in [1.82, 2.24) is 9.80 Å². The second-order valence-corrected chi connectivity index (χ2v) is 13.1. The third kappa shape index (κ3) is 8.64. The summed E-state index contributed by atoms with van der Waals surface area (Å²) in [5.41, 5.74) is 2.88. The molecule has 4 rings (SSSR count). The molecule has 2 aromatic carbocycles. The SMILES string of the molecule is CC(=O)N1CCCCCCCCN(C2CCN(C(=O)CS(=O)(=O)Cc3ccccc3)CC2)Cc2ccccc21. The van der Waals surface area contributed by atoms with Crippen molar-refractivity contribution < 1.29 is 18.0 Å². The predicted octanol–water partition coefficient (Wildman–Crippen LogP) is 4.80. The number of amides is 2. The molecule has 1 fully saturated rings. The van der Waals surface area contributed by atoms with E-state index in [0.717, 1.165) is 63.0 Å². The van der Waals surface area contributed by atoms with Crippen molar-refractivity contribution in [3.63, 3.8) is 0 Å².